The largest absolute Gasteiger partial charge is 0.462 e. The number of nitrogen functional groups attached to an aromatic ring is 1. The number of benzene rings is 3. The Morgan fingerprint density at radius 2 is 1.74 bits per heavy atom. The van der Waals surface area contributed by atoms with E-state index in [0.717, 1.165) is 23.3 Å². The molecule has 1 amide bonds. The van der Waals surface area contributed by atoms with Gasteiger partial charge in [-0.2, -0.15) is 0 Å². The maximum absolute atomic E-state index is 13.1. The predicted octanol–water partition coefficient (Wildman–Crippen LogP) is 5.70. The number of nitrogens with one attached hydrogen (secondary N) is 1. The topological polar surface area (TPSA) is 81.4 Å². The summed E-state index contributed by atoms with van der Waals surface area (Å²) in [6.07, 6.45) is 1.81. The number of unbranched alkanes of at least 4 members (excludes halogenated alkanes) is 1. The van der Waals surface area contributed by atoms with Gasteiger partial charge >= 0.3 is 5.97 Å². The first-order valence-electron chi connectivity index (χ1n) is 10.2. The zero-order chi connectivity index (χ0) is 22.1. The molecule has 0 heterocycles. The molecule has 3 N–H and O–H groups in total. The summed E-state index contributed by atoms with van der Waals surface area (Å²) >= 11 is 1.44. The molecule has 0 aliphatic carbocycles. The van der Waals surface area contributed by atoms with Crippen LogP contribution in [0, 0.1) is 0 Å². The fourth-order valence-electron chi connectivity index (χ4n) is 2.91. The minimum Gasteiger partial charge on any atom is -0.462 e. The van der Waals surface area contributed by atoms with E-state index in [2.05, 4.69) is 5.32 Å². The predicted molar refractivity (Wildman–Crippen MR) is 126 cm³/mol. The van der Waals surface area contributed by atoms with Crippen molar-refractivity contribution in [2.45, 2.75) is 29.9 Å². The van der Waals surface area contributed by atoms with Crippen LogP contribution >= 0.6 is 11.8 Å². The van der Waals surface area contributed by atoms with Crippen LogP contribution in [0.1, 0.15) is 40.9 Å². The van der Waals surface area contributed by atoms with Crippen LogP contribution in [0.3, 0.4) is 0 Å². The molecule has 0 fully saturated rings. The van der Waals surface area contributed by atoms with E-state index in [0.29, 0.717) is 23.5 Å². The van der Waals surface area contributed by atoms with Gasteiger partial charge in [0.25, 0.3) is 0 Å². The summed E-state index contributed by atoms with van der Waals surface area (Å²) in [4.78, 5) is 26.1. The van der Waals surface area contributed by atoms with Crippen LogP contribution in [0.15, 0.2) is 83.8 Å². The molecule has 6 heteroatoms. The average Bonchev–Trinajstić information content (AvgIpc) is 2.78. The summed E-state index contributed by atoms with van der Waals surface area (Å²) < 4.78 is 5.22. The van der Waals surface area contributed by atoms with Crippen LogP contribution in [0.2, 0.25) is 0 Å². The van der Waals surface area contributed by atoms with E-state index < -0.39 is 5.25 Å². The van der Waals surface area contributed by atoms with E-state index in [-0.39, 0.29) is 11.9 Å². The minimum atomic E-state index is -0.457. The van der Waals surface area contributed by atoms with Gasteiger partial charge in [0, 0.05) is 16.3 Å². The normalized spacial score (nSPS) is 11.5. The number of carbonyl (C=O) groups is 2. The van der Waals surface area contributed by atoms with Crippen LogP contribution < -0.4 is 11.1 Å². The van der Waals surface area contributed by atoms with Crippen LogP contribution in [-0.4, -0.2) is 18.5 Å². The average molecular weight is 435 g/mol. The van der Waals surface area contributed by atoms with Gasteiger partial charge in [-0.25, -0.2) is 4.79 Å². The third-order valence-corrected chi connectivity index (χ3v) is 5.82. The standard InChI is InChI=1S/C25H26N2O3S/c1-2-3-16-30-25(29)19-12-14-21(15-13-19)27-24(28)23(18-8-5-4-6-9-18)31-22-11-7-10-20(26)17-22/h4-15,17,23H,2-3,16,26H2,1H3,(H,27,28). The first-order chi connectivity index (χ1) is 15.1. The van der Waals surface area contributed by atoms with E-state index in [1.807, 2.05) is 61.5 Å². The van der Waals surface area contributed by atoms with E-state index in [1.165, 1.54) is 11.8 Å². The van der Waals surface area contributed by atoms with Crippen LogP contribution in [0.4, 0.5) is 11.4 Å². The summed E-state index contributed by atoms with van der Waals surface area (Å²) in [5, 5.41) is 2.49. The third-order valence-electron chi connectivity index (χ3n) is 4.57. The van der Waals surface area contributed by atoms with Crippen LogP contribution in [0.5, 0.6) is 0 Å². The van der Waals surface area contributed by atoms with Gasteiger partial charge in [0.15, 0.2) is 0 Å². The van der Waals surface area contributed by atoms with Gasteiger partial charge in [0.05, 0.1) is 12.2 Å². The molecule has 0 bridgehead atoms. The SMILES string of the molecule is CCCCOC(=O)c1ccc(NC(=O)C(Sc2cccc(N)c2)c2ccccc2)cc1. The lowest BCUT2D eigenvalue weighted by Gasteiger charge is -2.17. The zero-order valence-electron chi connectivity index (χ0n) is 17.4. The lowest BCUT2D eigenvalue weighted by molar-refractivity contribution is -0.115. The van der Waals surface area contributed by atoms with Crippen LogP contribution in [0.25, 0.3) is 0 Å². The monoisotopic (exact) mass is 434 g/mol. The molecule has 0 spiro atoms. The Kier molecular flexibility index (Phi) is 8.12. The van der Waals surface area contributed by atoms with E-state index in [9.17, 15) is 9.59 Å². The minimum absolute atomic E-state index is 0.156. The summed E-state index contributed by atoms with van der Waals surface area (Å²) in [5.41, 5.74) is 8.52. The lowest BCUT2D eigenvalue weighted by atomic mass is 10.1. The van der Waals surface area contributed by atoms with Crippen molar-refractivity contribution in [1.82, 2.24) is 0 Å². The van der Waals surface area contributed by atoms with Gasteiger partial charge in [-0.05, 0) is 54.4 Å². The van der Waals surface area contributed by atoms with Gasteiger partial charge in [-0.1, -0.05) is 49.7 Å². The Bertz CT molecular complexity index is 1010. The molecule has 5 nitrogen and oxygen atoms in total. The molecule has 1 unspecified atom stereocenters. The first kappa shape index (κ1) is 22.4. The quantitative estimate of drug-likeness (QED) is 0.195. The molecule has 1 atom stereocenters. The van der Waals surface area contributed by atoms with Crippen molar-refractivity contribution in [1.29, 1.82) is 0 Å². The van der Waals surface area contributed by atoms with Crippen molar-refractivity contribution >= 4 is 35.0 Å². The Morgan fingerprint density at radius 1 is 1.00 bits per heavy atom. The molecule has 3 rings (SSSR count). The van der Waals surface area contributed by atoms with Gasteiger partial charge in [0.1, 0.15) is 5.25 Å². The van der Waals surface area contributed by atoms with E-state index in [1.54, 1.807) is 24.3 Å². The number of carbonyl (C=O) groups excluding carboxylic acids is 2. The molecular weight excluding hydrogens is 408 g/mol. The van der Waals surface area contributed by atoms with E-state index >= 15 is 0 Å². The number of amides is 1. The molecule has 0 aliphatic heterocycles. The van der Waals surface area contributed by atoms with Crippen molar-refractivity contribution in [3.63, 3.8) is 0 Å². The Hall–Kier alpha value is -3.25. The fraction of sp³-hybridized carbons (Fsp3) is 0.200. The highest BCUT2D eigenvalue weighted by molar-refractivity contribution is 8.00. The van der Waals surface area contributed by atoms with Gasteiger partial charge in [0.2, 0.25) is 5.91 Å². The summed E-state index contributed by atoms with van der Waals surface area (Å²) in [7, 11) is 0. The van der Waals surface area contributed by atoms with Crippen LogP contribution in [-0.2, 0) is 9.53 Å². The summed E-state index contributed by atoms with van der Waals surface area (Å²) in [5.74, 6) is -0.511. The number of anilines is 2. The number of hydrogen-bond acceptors (Lipinski definition) is 5. The highest BCUT2D eigenvalue weighted by atomic mass is 32.2. The Labute approximate surface area is 187 Å². The molecule has 3 aromatic rings. The molecule has 3 aromatic carbocycles. The van der Waals surface area contributed by atoms with Gasteiger partial charge in [-0.15, -0.1) is 11.8 Å². The fourth-order valence-corrected chi connectivity index (χ4v) is 4.01. The number of hydrogen-bond donors (Lipinski definition) is 2. The smallest absolute Gasteiger partial charge is 0.338 e. The number of thioether (sulfide) groups is 1. The molecule has 160 valence electrons. The van der Waals surface area contributed by atoms with Crippen molar-refractivity contribution in [3.05, 3.63) is 90.0 Å². The molecule has 0 aliphatic rings. The Balaban J connectivity index is 1.72. The number of esters is 1. The second-order valence-corrected chi connectivity index (χ2v) is 8.22. The van der Waals surface area contributed by atoms with Crippen molar-refractivity contribution in [3.8, 4) is 0 Å². The zero-order valence-corrected chi connectivity index (χ0v) is 18.2. The molecule has 0 radical (unpaired) electrons. The van der Waals surface area contributed by atoms with Crippen molar-refractivity contribution in [2.75, 3.05) is 17.7 Å². The highest BCUT2D eigenvalue weighted by Crippen LogP contribution is 2.36. The number of nitrogens with two attached hydrogens (primary N) is 1. The molecule has 0 saturated carbocycles. The maximum atomic E-state index is 13.1. The molecular formula is C25H26N2O3S. The van der Waals surface area contributed by atoms with Gasteiger partial charge < -0.3 is 15.8 Å². The summed E-state index contributed by atoms with van der Waals surface area (Å²) in [6, 6.07) is 23.8. The molecule has 31 heavy (non-hydrogen) atoms. The maximum Gasteiger partial charge on any atom is 0.338 e. The number of rotatable bonds is 9. The highest BCUT2D eigenvalue weighted by Gasteiger charge is 2.22. The molecule has 0 aromatic heterocycles. The second kappa shape index (κ2) is 11.2. The van der Waals surface area contributed by atoms with E-state index in [4.69, 9.17) is 10.5 Å². The first-order valence-corrected chi connectivity index (χ1v) is 11.1. The van der Waals surface area contributed by atoms with Gasteiger partial charge in [-0.3, -0.25) is 4.79 Å². The summed E-state index contributed by atoms with van der Waals surface area (Å²) in [6.45, 7) is 2.45. The van der Waals surface area contributed by atoms with Crippen molar-refractivity contribution < 1.29 is 14.3 Å². The third kappa shape index (κ3) is 6.62. The number of ether oxygens (including phenoxy) is 1. The lowest BCUT2D eigenvalue weighted by Crippen LogP contribution is -2.19. The second-order valence-electron chi connectivity index (χ2n) is 7.04. The van der Waals surface area contributed by atoms with Crippen molar-refractivity contribution in [2.24, 2.45) is 0 Å². The Morgan fingerprint density at radius 3 is 2.42 bits per heavy atom. The molecule has 0 saturated heterocycles.